The Morgan fingerprint density at radius 1 is 1.37 bits per heavy atom. The van der Waals surface area contributed by atoms with Gasteiger partial charge in [-0.05, 0) is 37.2 Å². The summed E-state index contributed by atoms with van der Waals surface area (Å²) >= 11 is 0. The van der Waals surface area contributed by atoms with Crippen LogP contribution in [0.1, 0.15) is 25.7 Å². The SMILES string of the molecule is COc1ccc([N+](=O)[O-])c(NC2CC3CCC2C3)c1. The van der Waals surface area contributed by atoms with Crippen molar-refractivity contribution in [2.75, 3.05) is 12.4 Å². The van der Waals surface area contributed by atoms with Crippen LogP contribution in [0, 0.1) is 22.0 Å². The summed E-state index contributed by atoms with van der Waals surface area (Å²) in [6.07, 6.45) is 4.98. The molecule has 0 aliphatic heterocycles. The second kappa shape index (κ2) is 4.72. The fraction of sp³-hybridized carbons (Fsp3) is 0.571. The zero-order valence-corrected chi connectivity index (χ0v) is 11.0. The maximum Gasteiger partial charge on any atom is 0.292 e. The smallest absolute Gasteiger partial charge is 0.292 e. The lowest BCUT2D eigenvalue weighted by atomic mass is 9.95. The first-order chi connectivity index (χ1) is 9.17. The minimum Gasteiger partial charge on any atom is -0.497 e. The molecule has 2 saturated carbocycles. The molecule has 5 nitrogen and oxygen atoms in total. The minimum absolute atomic E-state index is 0.128. The molecule has 3 rings (SSSR count). The number of nitrogens with one attached hydrogen (secondary N) is 1. The molecule has 102 valence electrons. The van der Waals surface area contributed by atoms with E-state index in [0.29, 0.717) is 23.4 Å². The molecule has 2 aliphatic rings. The summed E-state index contributed by atoms with van der Waals surface area (Å²) in [4.78, 5) is 10.7. The maximum atomic E-state index is 11.1. The van der Waals surface area contributed by atoms with Crippen molar-refractivity contribution in [2.45, 2.75) is 31.7 Å². The quantitative estimate of drug-likeness (QED) is 0.668. The fourth-order valence-electron chi connectivity index (χ4n) is 3.54. The van der Waals surface area contributed by atoms with Gasteiger partial charge >= 0.3 is 0 Å². The van der Waals surface area contributed by atoms with E-state index in [-0.39, 0.29) is 10.6 Å². The molecule has 0 amide bonds. The van der Waals surface area contributed by atoms with E-state index in [1.807, 2.05) is 0 Å². The maximum absolute atomic E-state index is 11.1. The molecule has 0 radical (unpaired) electrons. The van der Waals surface area contributed by atoms with Crippen molar-refractivity contribution in [1.29, 1.82) is 0 Å². The van der Waals surface area contributed by atoms with Gasteiger partial charge in [0.15, 0.2) is 0 Å². The summed E-state index contributed by atoms with van der Waals surface area (Å²) < 4.78 is 5.15. The minimum atomic E-state index is -0.338. The number of nitro benzene ring substituents is 1. The molecule has 3 atom stereocenters. The third-order valence-corrected chi connectivity index (χ3v) is 4.48. The second-order valence-corrected chi connectivity index (χ2v) is 5.57. The van der Waals surface area contributed by atoms with Crippen LogP contribution in [0.5, 0.6) is 5.75 Å². The van der Waals surface area contributed by atoms with Crippen LogP contribution in [0.15, 0.2) is 18.2 Å². The van der Waals surface area contributed by atoms with Crippen molar-refractivity contribution in [2.24, 2.45) is 11.8 Å². The lowest BCUT2D eigenvalue weighted by Crippen LogP contribution is -2.26. The van der Waals surface area contributed by atoms with Gasteiger partial charge in [-0.15, -0.1) is 0 Å². The molecule has 0 heterocycles. The van der Waals surface area contributed by atoms with Gasteiger partial charge in [-0.1, -0.05) is 6.42 Å². The molecule has 0 saturated heterocycles. The summed E-state index contributed by atoms with van der Waals surface area (Å²) in [5.74, 6) is 2.14. The number of ether oxygens (including phenoxy) is 1. The largest absolute Gasteiger partial charge is 0.497 e. The van der Waals surface area contributed by atoms with Crippen molar-refractivity contribution in [3.8, 4) is 5.75 Å². The number of hydrogen-bond acceptors (Lipinski definition) is 4. The highest BCUT2D eigenvalue weighted by Crippen LogP contribution is 2.46. The Morgan fingerprint density at radius 3 is 2.79 bits per heavy atom. The number of fused-ring (bicyclic) bond motifs is 2. The molecular formula is C14H18N2O3. The van der Waals surface area contributed by atoms with Crippen LogP contribution in [-0.4, -0.2) is 18.1 Å². The van der Waals surface area contributed by atoms with Crippen molar-refractivity contribution < 1.29 is 9.66 Å². The lowest BCUT2D eigenvalue weighted by molar-refractivity contribution is -0.384. The Labute approximate surface area is 112 Å². The molecule has 2 fully saturated rings. The Morgan fingerprint density at radius 2 is 2.21 bits per heavy atom. The normalized spacial score (nSPS) is 28.4. The van der Waals surface area contributed by atoms with Gasteiger partial charge in [-0.2, -0.15) is 0 Å². The summed E-state index contributed by atoms with van der Waals surface area (Å²) in [5, 5.41) is 14.5. The fourth-order valence-corrected chi connectivity index (χ4v) is 3.54. The van der Waals surface area contributed by atoms with Crippen LogP contribution in [0.2, 0.25) is 0 Å². The van der Waals surface area contributed by atoms with Crippen molar-refractivity contribution >= 4 is 11.4 Å². The van der Waals surface area contributed by atoms with Gasteiger partial charge < -0.3 is 10.1 Å². The van der Waals surface area contributed by atoms with Crippen LogP contribution in [0.4, 0.5) is 11.4 Å². The van der Waals surface area contributed by atoms with Crippen LogP contribution >= 0.6 is 0 Å². The van der Waals surface area contributed by atoms with Gasteiger partial charge in [0, 0.05) is 18.2 Å². The number of methoxy groups -OCH3 is 1. The summed E-state index contributed by atoms with van der Waals surface area (Å²) in [5.41, 5.74) is 0.713. The first-order valence-corrected chi connectivity index (χ1v) is 6.76. The van der Waals surface area contributed by atoms with Gasteiger partial charge in [0.05, 0.1) is 12.0 Å². The van der Waals surface area contributed by atoms with E-state index < -0.39 is 0 Å². The topological polar surface area (TPSA) is 64.4 Å². The molecule has 0 spiro atoms. The van der Waals surface area contributed by atoms with E-state index in [1.54, 1.807) is 19.2 Å². The lowest BCUT2D eigenvalue weighted by Gasteiger charge is -2.24. The first kappa shape index (κ1) is 12.3. The third-order valence-electron chi connectivity index (χ3n) is 4.48. The average molecular weight is 262 g/mol. The Kier molecular flexibility index (Phi) is 3.05. The predicted octanol–water partition coefficient (Wildman–Crippen LogP) is 3.20. The Bertz CT molecular complexity index is 503. The standard InChI is InChI=1S/C14H18N2O3/c1-19-11-4-5-14(16(17)18)13(8-11)15-12-7-9-2-3-10(12)6-9/h4-5,8-10,12,15H,2-3,6-7H2,1H3. The van der Waals surface area contributed by atoms with E-state index >= 15 is 0 Å². The van der Waals surface area contributed by atoms with E-state index in [9.17, 15) is 10.1 Å². The highest BCUT2D eigenvalue weighted by Gasteiger charge is 2.40. The molecule has 1 aromatic carbocycles. The van der Waals surface area contributed by atoms with E-state index in [0.717, 1.165) is 12.3 Å². The van der Waals surface area contributed by atoms with Crippen molar-refractivity contribution in [3.05, 3.63) is 28.3 Å². The van der Waals surface area contributed by atoms with Crippen LogP contribution in [-0.2, 0) is 0 Å². The molecule has 1 N–H and O–H groups in total. The number of nitro groups is 1. The van der Waals surface area contributed by atoms with Crippen molar-refractivity contribution in [3.63, 3.8) is 0 Å². The monoisotopic (exact) mass is 262 g/mol. The highest BCUT2D eigenvalue weighted by atomic mass is 16.6. The average Bonchev–Trinajstić information content (AvgIpc) is 3.00. The van der Waals surface area contributed by atoms with Crippen LogP contribution < -0.4 is 10.1 Å². The molecule has 5 heteroatoms. The van der Waals surface area contributed by atoms with E-state index in [1.165, 1.54) is 25.3 Å². The summed E-state index contributed by atoms with van der Waals surface area (Å²) in [7, 11) is 1.57. The molecule has 3 unspecified atom stereocenters. The number of hydrogen-bond donors (Lipinski definition) is 1. The Balaban J connectivity index is 1.84. The highest BCUT2D eigenvalue weighted by molar-refractivity contribution is 5.64. The molecule has 19 heavy (non-hydrogen) atoms. The molecular weight excluding hydrogens is 244 g/mol. The molecule has 0 aromatic heterocycles. The summed E-state index contributed by atoms with van der Waals surface area (Å²) in [6.45, 7) is 0. The van der Waals surface area contributed by atoms with Gasteiger partial charge in [-0.25, -0.2) is 0 Å². The number of anilines is 1. The molecule has 2 aliphatic carbocycles. The number of nitrogens with zero attached hydrogens (tertiary/aromatic N) is 1. The second-order valence-electron chi connectivity index (χ2n) is 5.57. The summed E-state index contributed by atoms with van der Waals surface area (Å²) in [6, 6.07) is 5.24. The zero-order valence-electron chi connectivity index (χ0n) is 11.0. The Hall–Kier alpha value is -1.78. The third kappa shape index (κ3) is 2.25. The van der Waals surface area contributed by atoms with Crippen molar-refractivity contribution in [1.82, 2.24) is 0 Å². The number of rotatable bonds is 4. The van der Waals surface area contributed by atoms with Crippen LogP contribution in [0.25, 0.3) is 0 Å². The zero-order chi connectivity index (χ0) is 13.4. The van der Waals surface area contributed by atoms with Gasteiger partial charge in [0.1, 0.15) is 11.4 Å². The van der Waals surface area contributed by atoms with Crippen LogP contribution in [0.3, 0.4) is 0 Å². The van der Waals surface area contributed by atoms with Gasteiger partial charge in [0.2, 0.25) is 0 Å². The van der Waals surface area contributed by atoms with E-state index in [2.05, 4.69) is 5.32 Å². The van der Waals surface area contributed by atoms with Gasteiger partial charge in [-0.3, -0.25) is 10.1 Å². The number of benzene rings is 1. The predicted molar refractivity (Wildman–Crippen MR) is 72.5 cm³/mol. The first-order valence-electron chi connectivity index (χ1n) is 6.76. The molecule has 2 bridgehead atoms. The van der Waals surface area contributed by atoms with E-state index in [4.69, 9.17) is 4.74 Å². The molecule has 1 aromatic rings. The van der Waals surface area contributed by atoms with Gasteiger partial charge in [0.25, 0.3) is 5.69 Å².